The third-order valence-electron chi connectivity index (χ3n) is 4.13. The molecule has 19 heavy (non-hydrogen) atoms. The van der Waals surface area contributed by atoms with E-state index >= 15 is 0 Å². The third kappa shape index (κ3) is 1.81. The van der Waals surface area contributed by atoms with E-state index in [1.54, 1.807) is 0 Å². The minimum atomic E-state index is -0.515. The molecule has 3 heteroatoms. The van der Waals surface area contributed by atoms with E-state index in [1.165, 1.54) is 7.11 Å². The average molecular weight is 255 g/mol. The number of carbonyl (C=O) groups is 1. The molecule has 0 saturated heterocycles. The van der Waals surface area contributed by atoms with Gasteiger partial charge in [-0.15, -0.1) is 0 Å². The molecule has 0 aromatic heterocycles. The van der Waals surface area contributed by atoms with Gasteiger partial charge in [-0.05, 0) is 29.2 Å². The summed E-state index contributed by atoms with van der Waals surface area (Å²) >= 11 is 0. The Labute approximate surface area is 112 Å². The molecule has 98 valence electrons. The van der Waals surface area contributed by atoms with Crippen molar-refractivity contribution in [3.05, 3.63) is 48.0 Å². The maximum Gasteiger partial charge on any atom is 0.313 e. The van der Waals surface area contributed by atoms with E-state index in [4.69, 9.17) is 10.5 Å². The summed E-state index contributed by atoms with van der Waals surface area (Å²) in [7, 11) is 1.43. The number of hydrogen-bond donors (Lipinski definition) is 1. The van der Waals surface area contributed by atoms with E-state index in [2.05, 4.69) is 18.2 Å². The van der Waals surface area contributed by atoms with Crippen LogP contribution in [0.2, 0.25) is 0 Å². The molecule has 1 fully saturated rings. The normalized spacial score (nSPS) is 18.0. The van der Waals surface area contributed by atoms with Crippen LogP contribution in [0.4, 0.5) is 0 Å². The first-order valence-corrected chi connectivity index (χ1v) is 6.51. The van der Waals surface area contributed by atoms with Crippen molar-refractivity contribution >= 4 is 16.7 Å². The number of methoxy groups -OCH3 is 1. The summed E-state index contributed by atoms with van der Waals surface area (Å²) in [5.74, 6) is -0.187. The predicted octanol–water partition coefficient (Wildman–Crippen LogP) is 2.79. The Morgan fingerprint density at radius 2 is 1.89 bits per heavy atom. The van der Waals surface area contributed by atoms with Crippen LogP contribution in [0.5, 0.6) is 0 Å². The summed E-state index contributed by atoms with van der Waals surface area (Å²) in [5.41, 5.74) is 6.89. The minimum Gasteiger partial charge on any atom is -0.469 e. The van der Waals surface area contributed by atoms with Crippen LogP contribution >= 0.6 is 0 Å². The summed E-state index contributed by atoms with van der Waals surface area (Å²) in [5, 5.41) is 2.27. The highest BCUT2D eigenvalue weighted by atomic mass is 16.5. The molecule has 0 heterocycles. The first kappa shape index (κ1) is 12.2. The van der Waals surface area contributed by atoms with Crippen molar-refractivity contribution in [2.75, 3.05) is 7.11 Å². The number of fused-ring (bicyclic) bond motifs is 1. The lowest BCUT2D eigenvalue weighted by atomic mass is 9.88. The zero-order valence-corrected chi connectivity index (χ0v) is 10.9. The van der Waals surface area contributed by atoms with Crippen LogP contribution in [-0.2, 0) is 9.53 Å². The van der Waals surface area contributed by atoms with Crippen LogP contribution in [0, 0.1) is 5.41 Å². The van der Waals surface area contributed by atoms with Gasteiger partial charge in [0.05, 0.1) is 12.5 Å². The quantitative estimate of drug-likeness (QED) is 0.858. The van der Waals surface area contributed by atoms with Gasteiger partial charge in [0, 0.05) is 6.04 Å². The molecule has 1 aliphatic carbocycles. The zero-order chi connectivity index (χ0) is 13.5. The van der Waals surface area contributed by atoms with E-state index < -0.39 is 5.41 Å². The Hall–Kier alpha value is -1.87. The molecule has 1 saturated carbocycles. The van der Waals surface area contributed by atoms with Crippen molar-refractivity contribution in [3.8, 4) is 0 Å². The van der Waals surface area contributed by atoms with Crippen molar-refractivity contribution in [1.29, 1.82) is 0 Å². The highest BCUT2D eigenvalue weighted by Gasteiger charge is 2.56. The van der Waals surface area contributed by atoms with Gasteiger partial charge in [0.25, 0.3) is 0 Å². The molecule has 0 bridgehead atoms. The number of carbonyl (C=O) groups excluding carboxylic acids is 1. The van der Waals surface area contributed by atoms with Crippen molar-refractivity contribution < 1.29 is 9.53 Å². The molecule has 0 aliphatic heterocycles. The fourth-order valence-electron chi connectivity index (χ4n) is 2.80. The number of nitrogens with two attached hydrogens (primary N) is 1. The molecule has 1 aliphatic rings. The molecular formula is C16H17NO2. The summed E-state index contributed by atoms with van der Waals surface area (Å²) in [4.78, 5) is 11.9. The van der Waals surface area contributed by atoms with Crippen LogP contribution in [0.25, 0.3) is 10.8 Å². The molecule has 2 N–H and O–H groups in total. The van der Waals surface area contributed by atoms with Gasteiger partial charge in [-0.25, -0.2) is 0 Å². The monoisotopic (exact) mass is 255 g/mol. The molecule has 0 amide bonds. The Morgan fingerprint density at radius 3 is 2.58 bits per heavy atom. The van der Waals surface area contributed by atoms with Crippen molar-refractivity contribution in [3.63, 3.8) is 0 Å². The second-order valence-electron chi connectivity index (χ2n) is 5.19. The van der Waals surface area contributed by atoms with Gasteiger partial charge in [0.15, 0.2) is 0 Å². The minimum absolute atomic E-state index is 0.187. The van der Waals surface area contributed by atoms with Gasteiger partial charge >= 0.3 is 5.97 Å². The molecular weight excluding hydrogens is 238 g/mol. The highest BCUT2D eigenvalue weighted by Crippen LogP contribution is 2.55. The summed E-state index contributed by atoms with van der Waals surface area (Å²) in [6.45, 7) is 0. The summed E-state index contributed by atoms with van der Waals surface area (Å²) in [6.07, 6.45) is 1.62. The number of hydrogen-bond acceptors (Lipinski definition) is 3. The van der Waals surface area contributed by atoms with Crippen LogP contribution in [0.15, 0.2) is 42.5 Å². The van der Waals surface area contributed by atoms with Gasteiger partial charge in [0.2, 0.25) is 0 Å². The molecule has 1 unspecified atom stereocenters. The molecule has 2 aromatic rings. The molecule has 0 radical (unpaired) electrons. The number of esters is 1. The fraction of sp³-hybridized carbons (Fsp3) is 0.312. The molecule has 2 aromatic carbocycles. The number of benzene rings is 2. The third-order valence-corrected chi connectivity index (χ3v) is 4.13. The van der Waals surface area contributed by atoms with Gasteiger partial charge in [0.1, 0.15) is 0 Å². The van der Waals surface area contributed by atoms with E-state index in [9.17, 15) is 4.79 Å². The van der Waals surface area contributed by atoms with E-state index in [0.29, 0.717) is 0 Å². The van der Waals surface area contributed by atoms with Crippen LogP contribution in [-0.4, -0.2) is 13.1 Å². The first-order chi connectivity index (χ1) is 9.19. The van der Waals surface area contributed by atoms with Gasteiger partial charge in [-0.2, -0.15) is 0 Å². The number of ether oxygens (including phenoxy) is 1. The molecule has 3 rings (SSSR count). The molecule has 1 atom stereocenters. The Morgan fingerprint density at radius 1 is 1.21 bits per heavy atom. The Bertz CT molecular complexity index is 626. The lowest BCUT2D eigenvalue weighted by Crippen LogP contribution is -2.31. The van der Waals surface area contributed by atoms with Crippen LogP contribution in [0.3, 0.4) is 0 Å². The largest absolute Gasteiger partial charge is 0.469 e. The standard InChI is InChI=1S/C16H17NO2/c1-19-15(18)16(9-10-16)14(17)13-8-4-6-11-5-2-3-7-12(11)13/h2-8,14H,9-10,17H2,1H3. The average Bonchev–Trinajstić information content (AvgIpc) is 3.26. The van der Waals surface area contributed by atoms with Gasteiger partial charge < -0.3 is 10.5 Å². The highest BCUT2D eigenvalue weighted by molar-refractivity contribution is 5.88. The topological polar surface area (TPSA) is 52.3 Å². The van der Waals surface area contributed by atoms with Crippen molar-refractivity contribution in [2.45, 2.75) is 18.9 Å². The smallest absolute Gasteiger partial charge is 0.313 e. The first-order valence-electron chi connectivity index (χ1n) is 6.51. The number of rotatable bonds is 3. The maximum absolute atomic E-state index is 11.9. The summed E-state index contributed by atoms with van der Waals surface area (Å²) < 4.78 is 4.91. The van der Waals surface area contributed by atoms with Gasteiger partial charge in [-0.1, -0.05) is 42.5 Å². The lowest BCUT2D eigenvalue weighted by molar-refractivity contribution is -0.148. The zero-order valence-electron chi connectivity index (χ0n) is 10.9. The lowest BCUT2D eigenvalue weighted by Gasteiger charge is -2.22. The SMILES string of the molecule is COC(=O)C1(C(N)c2cccc3ccccc23)CC1. The molecule has 3 nitrogen and oxygen atoms in total. The second-order valence-corrected chi connectivity index (χ2v) is 5.19. The van der Waals surface area contributed by atoms with E-state index in [1.807, 2.05) is 24.3 Å². The second kappa shape index (κ2) is 4.35. The van der Waals surface area contributed by atoms with Crippen LogP contribution in [0.1, 0.15) is 24.4 Å². The Balaban J connectivity index is 2.08. The predicted molar refractivity (Wildman–Crippen MR) is 74.6 cm³/mol. The summed E-state index contributed by atoms with van der Waals surface area (Å²) in [6, 6.07) is 13.9. The van der Waals surface area contributed by atoms with E-state index in [-0.39, 0.29) is 12.0 Å². The van der Waals surface area contributed by atoms with Crippen molar-refractivity contribution in [2.24, 2.45) is 11.1 Å². The maximum atomic E-state index is 11.9. The van der Waals surface area contributed by atoms with E-state index in [0.717, 1.165) is 29.2 Å². The Kier molecular flexibility index (Phi) is 2.79. The van der Waals surface area contributed by atoms with Crippen LogP contribution < -0.4 is 5.73 Å². The fourth-order valence-corrected chi connectivity index (χ4v) is 2.80. The molecule has 0 spiro atoms. The van der Waals surface area contributed by atoms with Gasteiger partial charge in [-0.3, -0.25) is 4.79 Å². The van der Waals surface area contributed by atoms with Crippen molar-refractivity contribution in [1.82, 2.24) is 0 Å².